The van der Waals surface area contributed by atoms with E-state index in [9.17, 15) is 0 Å². The number of hydrogen-bond donors (Lipinski definition) is 1. The Morgan fingerprint density at radius 1 is 1.19 bits per heavy atom. The minimum Gasteiger partial charge on any atom is -0.355 e. The van der Waals surface area contributed by atoms with Gasteiger partial charge in [-0.25, -0.2) is 4.98 Å². The molecule has 0 aliphatic heterocycles. The number of benzene rings is 1. The van der Waals surface area contributed by atoms with Crippen LogP contribution >= 0.6 is 34.3 Å². The van der Waals surface area contributed by atoms with Gasteiger partial charge in [0.1, 0.15) is 5.01 Å². The molecule has 0 saturated carbocycles. The van der Waals surface area contributed by atoms with Crippen LogP contribution in [0.5, 0.6) is 0 Å². The minimum absolute atomic E-state index is 0.742. The van der Waals surface area contributed by atoms with E-state index in [2.05, 4.69) is 20.5 Å². The summed E-state index contributed by atoms with van der Waals surface area (Å²) >= 11 is 9.11. The Hall–Kier alpha value is -1.50. The van der Waals surface area contributed by atoms with Crippen LogP contribution in [-0.2, 0) is 13.0 Å². The Labute approximate surface area is 135 Å². The van der Waals surface area contributed by atoms with Crippen molar-refractivity contribution < 1.29 is 0 Å². The van der Waals surface area contributed by atoms with Gasteiger partial charge in [-0.15, -0.1) is 21.5 Å². The Morgan fingerprint density at radius 2 is 2.00 bits per heavy atom. The van der Waals surface area contributed by atoms with Crippen molar-refractivity contribution >= 4 is 39.4 Å². The standard InChI is InChI=1S/C14H13ClN4S2/c1-9-12(20-8-17-9)7-16-14-19-18-13(21-14)6-10-2-4-11(15)5-3-10/h2-5,8H,6-7H2,1H3,(H,16,19). The zero-order chi connectivity index (χ0) is 14.7. The zero-order valence-corrected chi connectivity index (χ0v) is 13.7. The predicted octanol–water partition coefficient (Wildman–Crippen LogP) is 4.16. The highest BCUT2D eigenvalue weighted by molar-refractivity contribution is 7.15. The lowest BCUT2D eigenvalue weighted by atomic mass is 10.2. The van der Waals surface area contributed by atoms with Gasteiger partial charge in [0.25, 0.3) is 0 Å². The zero-order valence-electron chi connectivity index (χ0n) is 11.3. The summed E-state index contributed by atoms with van der Waals surface area (Å²) in [5.74, 6) is 0. The lowest BCUT2D eigenvalue weighted by molar-refractivity contribution is 0.991. The molecular formula is C14H13ClN4S2. The van der Waals surface area contributed by atoms with Crippen molar-refractivity contribution in [3.63, 3.8) is 0 Å². The van der Waals surface area contributed by atoms with Gasteiger partial charge in [-0.1, -0.05) is 35.1 Å². The first kappa shape index (κ1) is 14.4. The summed E-state index contributed by atoms with van der Waals surface area (Å²) in [6.07, 6.45) is 0.774. The average molecular weight is 337 g/mol. The van der Waals surface area contributed by atoms with Crippen LogP contribution in [-0.4, -0.2) is 15.2 Å². The van der Waals surface area contributed by atoms with E-state index in [0.717, 1.165) is 33.8 Å². The number of aryl methyl sites for hydroxylation is 1. The first-order valence-corrected chi connectivity index (χ1v) is 8.48. The summed E-state index contributed by atoms with van der Waals surface area (Å²) in [7, 11) is 0. The van der Waals surface area contributed by atoms with E-state index in [-0.39, 0.29) is 0 Å². The van der Waals surface area contributed by atoms with Crippen LogP contribution in [0.25, 0.3) is 0 Å². The molecule has 2 heterocycles. The van der Waals surface area contributed by atoms with E-state index >= 15 is 0 Å². The molecule has 7 heteroatoms. The van der Waals surface area contributed by atoms with Gasteiger partial charge in [0.05, 0.1) is 17.7 Å². The highest BCUT2D eigenvalue weighted by Gasteiger charge is 2.07. The Bertz CT molecular complexity index is 721. The molecular weight excluding hydrogens is 324 g/mol. The number of nitrogens with zero attached hydrogens (tertiary/aromatic N) is 3. The van der Waals surface area contributed by atoms with Crippen LogP contribution in [0.1, 0.15) is 21.1 Å². The molecule has 3 aromatic rings. The molecule has 3 rings (SSSR count). The van der Waals surface area contributed by atoms with Crippen molar-refractivity contribution in [1.82, 2.24) is 15.2 Å². The van der Waals surface area contributed by atoms with Crippen LogP contribution in [0.15, 0.2) is 29.8 Å². The van der Waals surface area contributed by atoms with E-state index in [4.69, 9.17) is 11.6 Å². The van der Waals surface area contributed by atoms with E-state index < -0.39 is 0 Å². The monoisotopic (exact) mass is 336 g/mol. The predicted molar refractivity (Wildman–Crippen MR) is 88.3 cm³/mol. The van der Waals surface area contributed by atoms with Gasteiger partial charge in [-0.05, 0) is 24.6 Å². The third-order valence-electron chi connectivity index (χ3n) is 2.98. The lowest BCUT2D eigenvalue weighted by Crippen LogP contribution is -1.98. The van der Waals surface area contributed by atoms with E-state index in [1.165, 1.54) is 10.4 Å². The number of anilines is 1. The molecule has 2 aromatic heterocycles. The van der Waals surface area contributed by atoms with Gasteiger partial charge < -0.3 is 5.32 Å². The molecule has 0 radical (unpaired) electrons. The van der Waals surface area contributed by atoms with Gasteiger partial charge in [0.2, 0.25) is 5.13 Å². The normalized spacial score (nSPS) is 10.8. The third kappa shape index (κ3) is 3.78. The summed E-state index contributed by atoms with van der Waals surface area (Å²) in [5.41, 5.74) is 4.11. The number of rotatable bonds is 5. The van der Waals surface area contributed by atoms with Crippen LogP contribution in [0.4, 0.5) is 5.13 Å². The summed E-state index contributed by atoms with van der Waals surface area (Å²) in [4.78, 5) is 5.46. The molecule has 0 saturated heterocycles. The maximum Gasteiger partial charge on any atom is 0.205 e. The van der Waals surface area contributed by atoms with Crippen LogP contribution in [0.3, 0.4) is 0 Å². The van der Waals surface area contributed by atoms with Crippen LogP contribution < -0.4 is 5.32 Å². The Balaban J connectivity index is 1.61. The van der Waals surface area contributed by atoms with Crippen molar-refractivity contribution in [3.8, 4) is 0 Å². The fourth-order valence-corrected chi connectivity index (χ4v) is 3.44. The van der Waals surface area contributed by atoms with Crippen molar-refractivity contribution in [2.24, 2.45) is 0 Å². The molecule has 0 bridgehead atoms. The van der Waals surface area contributed by atoms with Crippen LogP contribution in [0.2, 0.25) is 5.02 Å². The third-order valence-corrected chi connectivity index (χ3v) is 5.05. The largest absolute Gasteiger partial charge is 0.355 e. The molecule has 0 unspecified atom stereocenters. The smallest absolute Gasteiger partial charge is 0.205 e. The second kappa shape index (κ2) is 6.51. The minimum atomic E-state index is 0.742. The van der Waals surface area contributed by atoms with Gasteiger partial charge in [-0.3, -0.25) is 0 Å². The summed E-state index contributed by atoms with van der Waals surface area (Å²) in [6, 6.07) is 7.81. The van der Waals surface area contributed by atoms with E-state index in [1.54, 1.807) is 22.7 Å². The van der Waals surface area contributed by atoms with Crippen molar-refractivity contribution in [2.45, 2.75) is 19.9 Å². The molecule has 0 fully saturated rings. The quantitative estimate of drug-likeness (QED) is 0.760. The summed E-state index contributed by atoms with van der Waals surface area (Å²) in [6.45, 7) is 2.76. The summed E-state index contributed by atoms with van der Waals surface area (Å²) in [5, 5.41) is 14.3. The molecule has 4 nitrogen and oxygen atoms in total. The van der Waals surface area contributed by atoms with Gasteiger partial charge in [0.15, 0.2) is 0 Å². The molecule has 0 amide bonds. The Morgan fingerprint density at radius 3 is 2.71 bits per heavy atom. The SMILES string of the molecule is Cc1ncsc1CNc1nnc(Cc2ccc(Cl)cc2)s1. The molecule has 0 aliphatic rings. The molecule has 0 spiro atoms. The van der Waals surface area contributed by atoms with E-state index in [1.807, 2.05) is 36.7 Å². The average Bonchev–Trinajstić information content (AvgIpc) is 3.08. The second-order valence-corrected chi connectivity index (χ2v) is 6.96. The number of nitrogens with one attached hydrogen (secondary N) is 1. The lowest BCUT2D eigenvalue weighted by Gasteiger charge is -1.99. The molecule has 108 valence electrons. The molecule has 21 heavy (non-hydrogen) atoms. The highest BCUT2D eigenvalue weighted by Crippen LogP contribution is 2.21. The van der Waals surface area contributed by atoms with Crippen molar-refractivity contribution in [1.29, 1.82) is 0 Å². The molecule has 0 atom stereocenters. The maximum absolute atomic E-state index is 5.88. The first-order chi connectivity index (χ1) is 10.2. The van der Waals surface area contributed by atoms with Gasteiger partial charge >= 0.3 is 0 Å². The fourth-order valence-electron chi connectivity index (χ4n) is 1.83. The summed E-state index contributed by atoms with van der Waals surface area (Å²) < 4.78 is 0. The van der Waals surface area contributed by atoms with Crippen molar-refractivity contribution in [2.75, 3.05) is 5.32 Å². The number of hydrogen-bond acceptors (Lipinski definition) is 6. The van der Waals surface area contributed by atoms with Crippen molar-refractivity contribution in [3.05, 3.63) is 55.9 Å². The molecule has 1 aromatic carbocycles. The van der Waals surface area contributed by atoms with Gasteiger partial charge in [0, 0.05) is 16.3 Å². The second-order valence-electron chi connectivity index (χ2n) is 4.52. The van der Waals surface area contributed by atoms with Gasteiger partial charge in [-0.2, -0.15) is 0 Å². The molecule has 0 aliphatic carbocycles. The first-order valence-electron chi connectivity index (χ1n) is 6.40. The Kier molecular flexibility index (Phi) is 4.48. The maximum atomic E-state index is 5.88. The number of halogens is 1. The van der Waals surface area contributed by atoms with E-state index in [0.29, 0.717) is 0 Å². The molecule has 1 N–H and O–H groups in total. The number of aromatic nitrogens is 3. The topological polar surface area (TPSA) is 50.7 Å². The highest BCUT2D eigenvalue weighted by atomic mass is 35.5. The fraction of sp³-hybridized carbons (Fsp3) is 0.214. The van der Waals surface area contributed by atoms with Crippen LogP contribution in [0, 0.1) is 6.92 Å². The number of thiazole rings is 1.